The minimum atomic E-state index is -0.909. The van der Waals surface area contributed by atoms with Crippen molar-refractivity contribution in [1.82, 2.24) is 4.98 Å². The molecule has 0 radical (unpaired) electrons. The number of aliphatic hydroxyl groups excluding tert-OH is 1. The summed E-state index contributed by atoms with van der Waals surface area (Å²) in [6, 6.07) is 16.9. The van der Waals surface area contributed by atoms with Crippen LogP contribution in [-0.4, -0.2) is 41.6 Å². The van der Waals surface area contributed by atoms with Gasteiger partial charge in [0, 0.05) is 5.56 Å². The lowest BCUT2D eigenvalue weighted by molar-refractivity contribution is -0.132. The number of carbonyl (C=O) groups excluding carboxylic acids is 2. The van der Waals surface area contributed by atoms with E-state index in [1.165, 1.54) is 16.2 Å². The number of Topliss-reactive ketones (excluding diaryl/α,β-unsaturated/α-hetero) is 1. The number of rotatable bonds is 6. The topological polar surface area (TPSA) is 98.2 Å². The molecule has 9 heteroatoms. The molecule has 1 amide bonds. The maximum Gasteiger partial charge on any atom is 0.301 e. The fourth-order valence-electron chi connectivity index (χ4n) is 4.72. The molecule has 2 aliphatic heterocycles. The molecule has 1 fully saturated rings. The molecule has 6 rings (SSSR count). The van der Waals surface area contributed by atoms with E-state index < -0.39 is 17.7 Å². The molecule has 196 valence electrons. The first-order valence-electron chi connectivity index (χ1n) is 12.4. The highest BCUT2D eigenvalue weighted by Crippen LogP contribution is 2.45. The maximum atomic E-state index is 13.5. The van der Waals surface area contributed by atoms with E-state index in [0.717, 1.165) is 15.8 Å². The number of benzene rings is 3. The average molecular weight is 541 g/mol. The number of aliphatic hydroxyl groups is 1. The Hall–Kier alpha value is -4.63. The molecule has 0 spiro atoms. The summed E-state index contributed by atoms with van der Waals surface area (Å²) in [5, 5.41) is 11.9. The molecule has 39 heavy (non-hydrogen) atoms. The highest BCUT2D eigenvalue weighted by Gasteiger charge is 2.48. The molecule has 4 aromatic rings. The summed E-state index contributed by atoms with van der Waals surface area (Å²) in [5.41, 5.74) is 2.71. The molecule has 0 bridgehead atoms. The number of hydrogen-bond donors (Lipinski definition) is 1. The number of aryl methyl sites for hydroxylation is 1. The van der Waals surface area contributed by atoms with Gasteiger partial charge in [0.15, 0.2) is 16.6 Å². The van der Waals surface area contributed by atoms with E-state index in [4.69, 9.17) is 14.2 Å². The normalized spacial score (nSPS) is 18.0. The van der Waals surface area contributed by atoms with Crippen molar-refractivity contribution in [3.05, 3.63) is 95.6 Å². The van der Waals surface area contributed by atoms with Crippen molar-refractivity contribution >= 4 is 44.1 Å². The van der Waals surface area contributed by atoms with Gasteiger partial charge in [0.25, 0.3) is 5.78 Å². The number of anilines is 1. The standard InChI is InChI=1S/C30H24N2O6S/c1-3-12-36-20-8-5-18(6-9-20)26-25(27(33)19-7-11-22-23(16-19)38-14-13-37-22)28(34)29(35)32(26)30-31-21-10-4-17(2)15-24(21)39-30/h3-11,15-16,26,33H,1,12-14H2,2H3/b27-25+/t26-/m0/s1. The summed E-state index contributed by atoms with van der Waals surface area (Å²) >= 11 is 1.32. The second-order valence-electron chi connectivity index (χ2n) is 9.16. The van der Waals surface area contributed by atoms with Crippen molar-refractivity contribution < 1.29 is 28.9 Å². The Morgan fingerprint density at radius 3 is 2.64 bits per heavy atom. The first kappa shape index (κ1) is 24.7. The SMILES string of the molecule is C=CCOc1ccc([C@H]2/C(=C(\O)c3ccc4c(c3)OCCO4)C(=O)C(=O)N2c2nc3ccc(C)cc3s2)cc1. The molecule has 0 unspecified atom stereocenters. The Bertz CT molecular complexity index is 1660. The molecule has 0 aliphatic carbocycles. The van der Waals surface area contributed by atoms with E-state index in [0.29, 0.717) is 53.3 Å². The Morgan fingerprint density at radius 1 is 1.10 bits per heavy atom. The van der Waals surface area contributed by atoms with Gasteiger partial charge in [0.1, 0.15) is 31.3 Å². The van der Waals surface area contributed by atoms with Crippen molar-refractivity contribution in [2.24, 2.45) is 0 Å². The molecule has 2 aliphatic rings. The molecule has 1 N–H and O–H groups in total. The highest BCUT2D eigenvalue weighted by molar-refractivity contribution is 7.22. The van der Waals surface area contributed by atoms with Crippen LogP contribution in [0.15, 0.2) is 78.9 Å². The number of amides is 1. The number of ketones is 1. The fraction of sp³-hybridized carbons (Fsp3) is 0.167. The third-order valence-electron chi connectivity index (χ3n) is 6.56. The second kappa shape index (κ2) is 9.92. The van der Waals surface area contributed by atoms with Gasteiger partial charge in [-0.2, -0.15) is 0 Å². The monoisotopic (exact) mass is 540 g/mol. The van der Waals surface area contributed by atoms with Crippen molar-refractivity contribution in [1.29, 1.82) is 0 Å². The first-order chi connectivity index (χ1) is 18.9. The number of hydrogen-bond acceptors (Lipinski definition) is 8. The Labute approximate surface area is 228 Å². The van der Waals surface area contributed by atoms with Crippen LogP contribution >= 0.6 is 11.3 Å². The minimum Gasteiger partial charge on any atom is -0.507 e. The number of thiazole rings is 1. The van der Waals surface area contributed by atoms with Crippen LogP contribution in [0.2, 0.25) is 0 Å². The molecule has 3 heterocycles. The number of nitrogens with zero attached hydrogens (tertiary/aromatic N) is 2. The van der Waals surface area contributed by atoms with Gasteiger partial charge in [-0.05, 0) is 60.5 Å². The van der Waals surface area contributed by atoms with Gasteiger partial charge < -0.3 is 19.3 Å². The van der Waals surface area contributed by atoms with Crippen LogP contribution in [0.5, 0.6) is 17.2 Å². The molecule has 1 saturated heterocycles. The highest BCUT2D eigenvalue weighted by atomic mass is 32.1. The number of carbonyl (C=O) groups is 2. The smallest absolute Gasteiger partial charge is 0.301 e. The van der Waals surface area contributed by atoms with Crippen molar-refractivity contribution in [3.8, 4) is 17.2 Å². The zero-order chi connectivity index (χ0) is 27.1. The maximum absolute atomic E-state index is 13.5. The van der Waals surface area contributed by atoms with Gasteiger partial charge in [-0.15, -0.1) is 0 Å². The van der Waals surface area contributed by atoms with E-state index in [2.05, 4.69) is 11.6 Å². The van der Waals surface area contributed by atoms with Crippen LogP contribution in [0.25, 0.3) is 16.0 Å². The summed E-state index contributed by atoms with van der Waals surface area (Å²) in [5.74, 6) is -0.243. The number of ether oxygens (including phenoxy) is 3. The molecule has 1 atom stereocenters. The summed E-state index contributed by atoms with van der Waals surface area (Å²) in [6.07, 6.45) is 1.64. The minimum absolute atomic E-state index is 0.0353. The van der Waals surface area contributed by atoms with E-state index >= 15 is 0 Å². The summed E-state index contributed by atoms with van der Waals surface area (Å²) in [6.45, 7) is 6.78. The summed E-state index contributed by atoms with van der Waals surface area (Å²) in [4.78, 5) is 33.1. The fourth-order valence-corrected chi connectivity index (χ4v) is 5.81. The molecular weight excluding hydrogens is 516 g/mol. The lowest BCUT2D eigenvalue weighted by Gasteiger charge is -2.23. The predicted octanol–water partition coefficient (Wildman–Crippen LogP) is 5.57. The lowest BCUT2D eigenvalue weighted by Crippen LogP contribution is -2.29. The molecule has 0 saturated carbocycles. The van der Waals surface area contributed by atoms with Gasteiger partial charge >= 0.3 is 5.91 Å². The van der Waals surface area contributed by atoms with E-state index in [-0.39, 0.29) is 11.3 Å². The van der Waals surface area contributed by atoms with Crippen LogP contribution in [0.1, 0.15) is 22.7 Å². The van der Waals surface area contributed by atoms with Gasteiger partial charge in [0.2, 0.25) is 0 Å². The number of fused-ring (bicyclic) bond motifs is 2. The number of aromatic nitrogens is 1. The van der Waals surface area contributed by atoms with Gasteiger partial charge in [-0.1, -0.05) is 42.2 Å². The van der Waals surface area contributed by atoms with Crippen LogP contribution in [0.3, 0.4) is 0 Å². The first-order valence-corrected chi connectivity index (χ1v) is 13.2. The third-order valence-corrected chi connectivity index (χ3v) is 7.58. The second-order valence-corrected chi connectivity index (χ2v) is 10.2. The summed E-state index contributed by atoms with van der Waals surface area (Å²) < 4.78 is 17.8. The summed E-state index contributed by atoms with van der Waals surface area (Å²) in [7, 11) is 0. The Morgan fingerprint density at radius 2 is 1.87 bits per heavy atom. The Kier molecular flexibility index (Phi) is 6.28. The van der Waals surface area contributed by atoms with Crippen molar-refractivity contribution in [3.63, 3.8) is 0 Å². The van der Waals surface area contributed by atoms with Crippen LogP contribution in [-0.2, 0) is 9.59 Å². The zero-order valence-electron chi connectivity index (χ0n) is 21.0. The Balaban J connectivity index is 1.50. The van der Waals surface area contributed by atoms with Crippen LogP contribution < -0.4 is 19.1 Å². The van der Waals surface area contributed by atoms with Crippen molar-refractivity contribution in [2.45, 2.75) is 13.0 Å². The quantitative estimate of drug-likeness (QED) is 0.148. The largest absolute Gasteiger partial charge is 0.507 e. The van der Waals surface area contributed by atoms with Crippen molar-refractivity contribution in [2.75, 3.05) is 24.7 Å². The van der Waals surface area contributed by atoms with E-state index in [1.807, 2.05) is 25.1 Å². The molecule has 1 aromatic heterocycles. The molecule has 8 nitrogen and oxygen atoms in total. The van der Waals surface area contributed by atoms with Crippen LogP contribution in [0.4, 0.5) is 5.13 Å². The third kappa shape index (κ3) is 4.40. The van der Waals surface area contributed by atoms with Gasteiger partial charge in [-0.3, -0.25) is 14.5 Å². The molecular formula is C30H24N2O6S. The van der Waals surface area contributed by atoms with Gasteiger partial charge in [-0.25, -0.2) is 4.98 Å². The molecule has 3 aromatic carbocycles. The zero-order valence-corrected chi connectivity index (χ0v) is 21.9. The van der Waals surface area contributed by atoms with E-state index in [1.54, 1.807) is 48.5 Å². The van der Waals surface area contributed by atoms with Crippen LogP contribution in [0, 0.1) is 6.92 Å². The average Bonchev–Trinajstić information content (AvgIpc) is 3.48. The predicted molar refractivity (Wildman–Crippen MR) is 149 cm³/mol. The lowest BCUT2D eigenvalue weighted by atomic mass is 9.95. The van der Waals surface area contributed by atoms with Gasteiger partial charge in [0.05, 0.1) is 21.8 Å². The van der Waals surface area contributed by atoms with E-state index in [9.17, 15) is 14.7 Å².